The predicted molar refractivity (Wildman–Crippen MR) is 325 cm³/mol. The number of hydrogen-bond acceptors (Lipinski definition) is 10. The van der Waals surface area contributed by atoms with Crippen molar-refractivity contribution >= 4 is 25.7 Å². The summed E-state index contributed by atoms with van der Waals surface area (Å²) >= 11 is 0. The van der Waals surface area contributed by atoms with E-state index in [1.54, 1.807) is 0 Å². The first kappa shape index (κ1) is 74.1. The zero-order valence-electron chi connectivity index (χ0n) is 49.3. The average molecular weight is 1110 g/mol. The van der Waals surface area contributed by atoms with Gasteiger partial charge in [-0.15, -0.1) is 0 Å². The van der Waals surface area contributed by atoms with E-state index in [0.717, 1.165) is 109 Å². The van der Waals surface area contributed by atoms with Crippen molar-refractivity contribution in [2.24, 2.45) is 0 Å². The summed E-state index contributed by atoms with van der Waals surface area (Å²) in [5.74, 6) is -1.59. The Morgan fingerprint density at radius 1 is 0.372 bits per heavy atom. The standard InChI is InChI=1S/C66H111O11P/c1-4-7-10-13-16-19-22-25-27-29-31-33-35-38-41-44-47-50-53-56-65(69)76-62(58-67)60-74-78(71,72)75-61-63(59-73-64(68)55-52-49-46-43-40-37-24-21-18-15-12-9-6-3)77-66(70)57-54-51-48-45-42-39-36-34-32-30-28-26-23-20-17-14-11-8-5-2/h9,12,16-21,25-28,32,34,37,40,46,49,62-63,67H,4-8,10-11,13-15,22-24,29-31,33,35-36,38-39,41-45,47-48,50-61H2,1-3H3,(H,71,72)/b12-9-,19-16-,20-17-,21-18-,27-25-,28-26-,34-32-,40-37-,49-46-. The van der Waals surface area contributed by atoms with E-state index in [1.807, 2.05) is 12.2 Å². The van der Waals surface area contributed by atoms with Crippen LogP contribution >= 0.6 is 7.82 Å². The summed E-state index contributed by atoms with van der Waals surface area (Å²) in [6.07, 6.45) is 72.0. The maximum Gasteiger partial charge on any atom is 0.472 e. The Morgan fingerprint density at radius 3 is 1.08 bits per heavy atom. The van der Waals surface area contributed by atoms with Crippen molar-refractivity contribution in [2.45, 2.75) is 264 Å². The number of allylic oxidation sites excluding steroid dienone is 18. The largest absolute Gasteiger partial charge is 0.472 e. The number of esters is 3. The molecule has 3 atom stereocenters. The quantitative estimate of drug-likeness (QED) is 0.0197. The van der Waals surface area contributed by atoms with Gasteiger partial charge in [-0.2, -0.15) is 0 Å². The Kier molecular flexibility index (Phi) is 56.3. The van der Waals surface area contributed by atoms with Gasteiger partial charge in [0.2, 0.25) is 0 Å². The number of carbonyl (C=O) groups is 3. The van der Waals surface area contributed by atoms with Gasteiger partial charge in [0.1, 0.15) is 12.7 Å². The molecule has 0 aromatic rings. The minimum absolute atomic E-state index is 0.0976. The number of aliphatic hydroxyl groups excluding tert-OH is 1. The van der Waals surface area contributed by atoms with Crippen molar-refractivity contribution in [1.82, 2.24) is 0 Å². The summed E-state index contributed by atoms with van der Waals surface area (Å²) in [6, 6.07) is 0. The zero-order valence-corrected chi connectivity index (χ0v) is 50.2. The van der Waals surface area contributed by atoms with Gasteiger partial charge in [-0.3, -0.25) is 23.4 Å². The van der Waals surface area contributed by atoms with Gasteiger partial charge in [0, 0.05) is 19.3 Å². The lowest BCUT2D eigenvalue weighted by Crippen LogP contribution is -2.30. The fourth-order valence-corrected chi connectivity index (χ4v) is 8.78. The maximum atomic E-state index is 12.9. The van der Waals surface area contributed by atoms with E-state index in [0.29, 0.717) is 19.3 Å². The molecule has 11 nitrogen and oxygen atoms in total. The molecule has 0 bridgehead atoms. The number of unbranched alkanes of at least 4 members (excludes halogenated alkanes) is 21. The maximum absolute atomic E-state index is 12.9. The van der Waals surface area contributed by atoms with Crippen LogP contribution in [0.4, 0.5) is 0 Å². The second kappa shape index (κ2) is 59.3. The normalized spacial score (nSPS) is 14.1. The van der Waals surface area contributed by atoms with Crippen molar-refractivity contribution in [3.05, 3.63) is 109 Å². The molecule has 0 aliphatic carbocycles. The van der Waals surface area contributed by atoms with Crippen LogP contribution in [0.3, 0.4) is 0 Å². The molecule has 0 fully saturated rings. The Morgan fingerprint density at radius 2 is 0.692 bits per heavy atom. The molecule has 0 amide bonds. The van der Waals surface area contributed by atoms with Crippen molar-refractivity contribution < 1.29 is 52.2 Å². The van der Waals surface area contributed by atoms with Crippen LogP contribution in [0.25, 0.3) is 0 Å². The molecule has 0 aliphatic rings. The lowest BCUT2D eigenvalue weighted by atomic mass is 10.1. The summed E-state index contributed by atoms with van der Waals surface area (Å²) < 4.78 is 39.5. The molecular formula is C66H111O11P. The van der Waals surface area contributed by atoms with Gasteiger partial charge in [0.15, 0.2) is 6.10 Å². The van der Waals surface area contributed by atoms with Gasteiger partial charge in [-0.25, -0.2) is 4.57 Å². The van der Waals surface area contributed by atoms with Crippen LogP contribution < -0.4 is 0 Å². The monoisotopic (exact) mass is 1110 g/mol. The number of carbonyl (C=O) groups excluding carboxylic acids is 3. The van der Waals surface area contributed by atoms with Gasteiger partial charge in [0.25, 0.3) is 0 Å². The lowest BCUT2D eigenvalue weighted by molar-refractivity contribution is -0.161. The molecule has 0 aromatic heterocycles. The van der Waals surface area contributed by atoms with Crippen LogP contribution in [0.5, 0.6) is 0 Å². The molecule has 0 radical (unpaired) electrons. The number of aliphatic hydroxyl groups is 1. The van der Waals surface area contributed by atoms with Crippen LogP contribution in [0, 0.1) is 0 Å². The first-order valence-corrected chi connectivity index (χ1v) is 32.3. The first-order valence-electron chi connectivity index (χ1n) is 30.8. The fourth-order valence-electron chi connectivity index (χ4n) is 7.99. The predicted octanol–water partition coefficient (Wildman–Crippen LogP) is 18.6. The zero-order chi connectivity index (χ0) is 56.9. The number of phosphoric ester groups is 1. The minimum atomic E-state index is -4.78. The average Bonchev–Trinajstić information content (AvgIpc) is 3.43. The molecule has 0 heterocycles. The smallest absolute Gasteiger partial charge is 0.462 e. The Bertz CT molecular complexity index is 1720. The van der Waals surface area contributed by atoms with Gasteiger partial charge in [-0.05, 0) is 116 Å². The number of hydrogen-bond donors (Lipinski definition) is 2. The van der Waals surface area contributed by atoms with Gasteiger partial charge in [-0.1, -0.05) is 226 Å². The van der Waals surface area contributed by atoms with Crippen LogP contribution in [0.1, 0.15) is 252 Å². The third kappa shape index (κ3) is 56.8. The van der Waals surface area contributed by atoms with Gasteiger partial charge < -0.3 is 24.2 Å². The van der Waals surface area contributed by atoms with Crippen LogP contribution in [0.2, 0.25) is 0 Å². The third-order valence-electron chi connectivity index (χ3n) is 12.7. The SMILES string of the molecule is CC/C=C\C/C=C\C/C=C\C/C=C\CCC(=O)OCC(COP(=O)(O)OCC(CO)OC(=O)CCCCCCCCCCC/C=C\C/C=C\CCCCC)OC(=O)CCCCCCCC/C=C\C/C=C\C/C=C\CCCCC. The molecule has 0 spiro atoms. The van der Waals surface area contributed by atoms with E-state index in [1.165, 1.54) is 83.5 Å². The Balaban J connectivity index is 4.75. The molecule has 0 rings (SSSR count). The van der Waals surface area contributed by atoms with E-state index in [2.05, 4.69) is 118 Å². The lowest BCUT2D eigenvalue weighted by Gasteiger charge is -2.21. The van der Waals surface area contributed by atoms with Crippen LogP contribution in [-0.2, 0) is 42.2 Å². The Labute approximate surface area is 475 Å². The molecule has 0 aliphatic heterocycles. The molecule has 0 aromatic carbocycles. The molecular weight excluding hydrogens is 1000 g/mol. The fraction of sp³-hybridized carbons (Fsp3) is 0.682. The second-order valence-corrected chi connectivity index (χ2v) is 21.6. The molecule has 12 heteroatoms. The van der Waals surface area contributed by atoms with Crippen LogP contribution in [0.15, 0.2) is 109 Å². The summed E-state index contributed by atoms with van der Waals surface area (Å²) in [6.45, 7) is 4.38. The number of rotatable bonds is 56. The summed E-state index contributed by atoms with van der Waals surface area (Å²) in [5.41, 5.74) is 0. The van der Waals surface area contributed by atoms with Crippen molar-refractivity contribution in [1.29, 1.82) is 0 Å². The van der Waals surface area contributed by atoms with Crippen molar-refractivity contribution in [3.63, 3.8) is 0 Å². The highest BCUT2D eigenvalue weighted by Crippen LogP contribution is 2.43. The molecule has 0 saturated heterocycles. The second-order valence-electron chi connectivity index (χ2n) is 20.1. The summed E-state index contributed by atoms with van der Waals surface area (Å²) in [5, 5.41) is 9.84. The topological polar surface area (TPSA) is 155 Å². The van der Waals surface area contributed by atoms with E-state index >= 15 is 0 Å². The Hall–Kier alpha value is -3.86. The first-order chi connectivity index (χ1) is 38.2. The van der Waals surface area contributed by atoms with E-state index in [-0.39, 0.29) is 25.9 Å². The molecule has 2 N–H and O–H groups in total. The highest BCUT2D eigenvalue weighted by molar-refractivity contribution is 7.47. The summed E-state index contributed by atoms with van der Waals surface area (Å²) in [7, 11) is -4.78. The van der Waals surface area contributed by atoms with Crippen molar-refractivity contribution in [2.75, 3.05) is 26.4 Å². The highest BCUT2D eigenvalue weighted by atomic mass is 31.2. The van der Waals surface area contributed by atoms with Crippen LogP contribution in [-0.4, -0.2) is 66.5 Å². The van der Waals surface area contributed by atoms with Gasteiger partial charge >= 0.3 is 25.7 Å². The van der Waals surface area contributed by atoms with Gasteiger partial charge in [0.05, 0.1) is 19.8 Å². The van der Waals surface area contributed by atoms with E-state index in [9.17, 15) is 28.9 Å². The summed E-state index contributed by atoms with van der Waals surface area (Å²) in [4.78, 5) is 48.6. The number of phosphoric acid groups is 1. The molecule has 0 saturated carbocycles. The highest BCUT2D eigenvalue weighted by Gasteiger charge is 2.28. The minimum Gasteiger partial charge on any atom is -0.462 e. The van der Waals surface area contributed by atoms with Crippen molar-refractivity contribution in [3.8, 4) is 0 Å². The molecule has 446 valence electrons. The van der Waals surface area contributed by atoms with E-state index in [4.69, 9.17) is 23.3 Å². The van der Waals surface area contributed by atoms with E-state index < -0.39 is 57.8 Å². The third-order valence-corrected chi connectivity index (χ3v) is 13.6. The molecule has 78 heavy (non-hydrogen) atoms. The number of ether oxygens (including phenoxy) is 3. The molecule has 3 unspecified atom stereocenters.